The summed E-state index contributed by atoms with van der Waals surface area (Å²) in [6.07, 6.45) is -0.727. The van der Waals surface area contributed by atoms with Gasteiger partial charge < -0.3 is 5.11 Å². The van der Waals surface area contributed by atoms with Gasteiger partial charge in [-0.1, -0.05) is 42.5 Å². The molecule has 1 N–H and O–H groups in total. The largest absolute Gasteiger partial charge is 0.382 e. The maximum atomic E-state index is 9.38. The van der Waals surface area contributed by atoms with E-state index in [1.807, 2.05) is 30.3 Å². The molecule has 0 radical (unpaired) electrons. The van der Waals surface area contributed by atoms with Crippen molar-refractivity contribution >= 4 is 29.0 Å². The van der Waals surface area contributed by atoms with Crippen LogP contribution in [0.4, 0.5) is 0 Å². The van der Waals surface area contributed by atoms with Crippen molar-refractivity contribution in [1.29, 1.82) is 0 Å². The predicted molar refractivity (Wildman–Crippen MR) is 53.0 cm³/mol. The van der Waals surface area contributed by atoms with Gasteiger partial charge in [0.25, 0.3) is 0 Å². The summed E-state index contributed by atoms with van der Waals surface area (Å²) in [5.74, 6) is 0. The van der Waals surface area contributed by atoms with E-state index in [-0.39, 0.29) is 0 Å². The molecule has 0 aliphatic heterocycles. The average molecular weight is 184 g/mol. The third-order valence-corrected chi connectivity index (χ3v) is 1.82. The Morgan fingerprint density at radius 2 is 1.91 bits per heavy atom. The van der Waals surface area contributed by atoms with Crippen molar-refractivity contribution < 1.29 is 5.11 Å². The van der Waals surface area contributed by atoms with Crippen LogP contribution in [0, 0.1) is 0 Å². The minimum absolute atomic E-state index is 0.302. The number of hydrogen-bond donors (Lipinski definition) is 2. The molecule has 0 spiro atoms. The van der Waals surface area contributed by atoms with Crippen LogP contribution >= 0.6 is 24.8 Å². The van der Waals surface area contributed by atoms with E-state index in [1.165, 1.54) is 0 Å². The average Bonchev–Trinajstić information content (AvgIpc) is 2.05. The van der Waals surface area contributed by atoms with Crippen molar-refractivity contribution in [1.82, 2.24) is 0 Å². The van der Waals surface area contributed by atoms with Gasteiger partial charge in [0.2, 0.25) is 0 Å². The molecule has 1 nitrogen and oxygen atoms in total. The van der Waals surface area contributed by atoms with Gasteiger partial charge in [0.15, 0.2) is 0 Å². The van der Waals surface area contributed by atoms with Crippen LogP contribution in [0.3, 0.4) is 0 Å². The van der Waals surface area contributed by atoms with Gasteiger partial charge >= 0.3 is 0 Å². The standard InChI is InChI=1S/C8H8OS2/c9-7(8(10)11)6-4-2-1-3-5-6/h1-5,7,9H,(H,10,11). The van der Waals surface area contributed by atoms with Crippen molar-refractivity contribution in [2.75, 3.05) is 0 Å². The highest BCUT2D eigenvalue weighted by Crippen LogP contribution is 2.15. The highest BCUT2D eigenvalue weighted by molar-refractivity contribution is 8.11. The van der Waals surface area contributed by atoms with Crippen molar-refractivity contribution in [3.05, 3.63) is 35.9 Å². The van der Waals surface area contributed by atoms with Crippen LogP contribution < -0.4 is 0 Å². The van der Waals surface area contributed by atoms with Gasteiger partial charge in [0.05, 0.1) is 4.20 Å². The summed E-state index contributed by atoms with van der Waals surface area (Å²) >= 11 is 8.60. The Kier molecular flexibility index (Phi) is 3.05. The second-order valence-corrected chi connectivity index (χ2v) is 3.38. The molecule has 0 aliphatic rings. The number of aliphatic hydroxyl groups excluding tert-OH is 1. The van der Waals surface area contributed by atoms with E-state index < -0.39 is 6.10 Å². The Hall–Kier alpha value is -0.380. The van der Waals surface area contributed by atoms with Gasteiger partial charge in [-0.2, -0.15) is 0 Å². The fraction of sp³-hybridized carbons (Fsp3) is 0.125. The third kappa shape index (κ3) is 2.29. The molecule has 58 valence electrons. The number of rotatable bonds is 2. The van der Waals surface area contributed by atoms with Gasteiger partial charge in [-0.05, 0) is 5.56 Å². The normalized spacial score (nSPS) is 12.5. The molecule has 0 heterocycles. The second kappa shape index (κ2) is 3.85. The first-order valence-corrected chi connectivity index (χ1v) is 4.03. The molecule has 1 aromatic carbocycles. The first-order valence-electron chi connectivity index (χ1n) is 3.17. The van der Waals surface area contributed by atoms with E-state index >= 15 is 0 Å². The first-order chi connectivity index (χ1) is 5.22. The summed E-state index contributed by atoms with van der Waals surface area (Å²) in [7, 11) is 0. The van der Waals surface area contributed by atoms with Crippen LogP contribution in [-0.4, -0.2) is 9.30 Å². The molecule has 0 fully saturated rings. The van der Waals surface area contributed by atoms with E-state index in [2.05, 4.69) is 12.6 Å². The fourth-order valence-electron chi connectivity index (χ4n) is 0.778. The molecular formula is C8H8OS2. The van der Waals surface area contributed by atoms with Gasteiger partial charge in [-0.3, -0.25) is 0 Å². The highest BCUT2D eigenvalue weighted by atomic mass is 32.1. The van der Waals surface area contributed by atoms with Crippen LogP contribution in [0.15, 0.2) is 30.3 Å². The molecule has 1 aromatic rings. The fourth-order valence-corrected chi connectivity index (χ4v) is 1.06. The number of hydrogen-bond acceptors (Lipinski definition) is 2. The van der Waals surface area contributed by atoms with Crippen molar-refractivity contribution in [2.45, 2.75) is 6.10 Å². The number of thiol groups is 1. The summed E-state index contributed by atoms with van der Waals surface area (Å²) in [5.41, 5.74) is 0.785. The van der Waals surface area contributed by atoms with Gasteiger partial charge in [0, 0.05) is 0 Å². The molecule has 0 amide bonds. The van der Waals surface area contributed by atoms with Crippen LogP contribution in [0.2, 0.25) is 0 Å². The second-order valence-electron chi connectivity index (χ2n) is 2.15. The van der Waals surface area contributed by atoms with E-state index in [0.29, 0.717) is 4.20 Å². The quantitative estimate of drug-likeness (QED) is 0.541. The molecular weight excluding hydrogens is 176 g/mol. The molecule has 0 bridgehead atoms. The summed E-state index contributed by atoms with van der Waals surface area (Å²) in [6, 6.07) is 9.22. The van der Waals surface area contributed by atoms with Gasteiger partial charge in [0.1, 0.15) is 6.10 Å². The Balaban J connectivity index is 2.85. The van der Waals surface area contributed by atoms with E-state index in [9.17, 15) is 5.11 Å². The summed E-state index contributed by atoms with van der Waals surface area (Å²) in [4.78, 5) is 0. The SMILES string of the molecule is OC(C(=S)S)c1ccccc1. The van der Waals surface area contributed by atoms with Crippen LogP contribution in [-0.2, 0) is 0 Å². The van der Waals surface area contributed by atoms with Crippen molar-refractivity contribution in [3.63, 3.8) is 0 Å². The Morgan fingerprint density at radius 1 is 1.36 bits per heavy atom. The van der Waals surface area contributed by atoms with E-state index in [0.717, 1.165) is 5.56 Å². The zero-order valence-corrected chi connectivity index (χ0v) is 7.48. The zero-order chi connectivity index (χ0) is 8.27. The maximum Gasteiger partial charge on any atom is 0.120 e. The van der Waals surface area contributed by atoms with Gasteiger partial charge in [-0.15, -0.1) is 12.6 Å². The molecule has 0 aliphatic carbocycles. The van der Waals surface area contributed by atoms with Crippen LogP contribution in [0.1, 0.15) is 11.7 Å². The summed E-state index contributed by atoms with van der Waals surface area (Å²) in [6.45, 7) is 0. The van der Waals surface area contributed by atoms with E-state index in [4.69, 9.17) is 12.2 Å². The van der Waals surface area contributed by atoms with Crippen LogP contribution in [0.5, 0.6) is 0 Å². The van der Waals surface area contributed by atoms with Crippen LogP contribution in [0.25, 0.3) is 0 Å². The first kappa shape index (κ1) is 8.71. The Morgan fingerprint density at radius 3 is 2.36 bits per heavy atom. The molecule has 11 heavy (non-hydrogen) atoms. The molecule has 0 saturated carbocycles. The maximum absolute atomic E-state index is 9.38. The van der Waals surface area contributed by atoms with Crippen molar-refractivity contribution in [3.8, 4) is 0 Å². The van der Waals surface area contributed by atoms with E-state index in [1.54, 1.807) is 0 Å². The summed E-state index contributed by atoms with van der Waals surface area (Å²) < 4.78 is 0.302. The molecule has 0 saturated heterocycles. The Bertz CT molecular complexity index is 246. The third-order valence-electron chi connectivity index (χ3n) is 1.35. The monoisotopic (exact) mass is 184 g/mol. The molecule has 3 heteroatoms. The minimum Gasteiger partial charge on any atom is -0.382 e. The lowest BCUT2D eigenvalue weighted by molar-refractivity contribution is 0.253. The van der Waals surface area contributed by atoms with Gasteiger partial charge in [-0.25, -0.2) is 0 Å². The highest BCUT2D eigenvalue weighted by Gasteiger charge is 2.07. The Labute approximate surface area is 76.5 Å². The summed E-state index contributed by atoms with van der Waals surface area (Å²) in [5, 5.41) is 9.38. The lowest BCUT2D eigenvalue weighted by Crippen LogP contribution is -2.02. The van der Waals surface area contributed by atoms with Crippen molar-refractivity contribution in [2.24, 2.45) is 0 Å². The lowest BCUT2D eigenvalue weighted by Gasteiger charge is -2.06. The number of aliphatic hydroxyl groups is 1. The minimum atomic E-state index is -0.727. The predicted octanol–water partition coefficient (Wildman–Crippen LogP) is 1.98. The smallest absolute Gasteiger partial charge is 0.120 e. The zero-order valence-electron chi connectivity index (χ0n) is 5.77. The molecule has 0 aromatic heterocycles. The topological polar surface area (TPSA) is 20.2 Å². The lowest BCUT2D eigenvalue weighted by atomic mass is 10.1. The molecule has 1 unspecified atom stereocenters. The molecule has 1 rings (SSSR count). The number of benzene rings is 1. The molecule has 1 atom stereocenters. The number of thiocarbonyl (C=S) groups is 1.